The molecule has 1 aromatic rings. The molecule has 1 rings (SSSR count). The summed E-state index contributed by atoms with van der Waals surface area (Å²) in [5, 5.41) is 0.804. The zero-order valence-electron chi connectivity index (χ0n) is 10.0. The number of halogens is 1. The SMILES string of the molecule is CC(N)c1ccc(SCCN(C)C)c(Cl)c1. The van der Waals surface area contributed by atoms with E-state index in [2.05, 4.69) is 31.1 Å². The van der Waals surface area contributed by atoms with E-state index in [4.69, 9.17) is 17.3 Å². The number of hydrogen-bond acceptors (Lipinski definition) is 3. The first kappa shape index (κ1) is 13.8. The first-order valence-electron chi connectivity index (χ1n) is 5.33. The molecule has 90 valence electrons. The molecule has 2 nitrogen and oxygen atoms in total. The van der Waals surface area contributed by atoms with Gasteiger partial charge in [0.25, 0.3) is 0 Å². The van der Waals surface area contributed by atoms with E-state index in [1.54, 1.807) is 11.8 Å². The number of nitrogens with zero attached hydrogens (tertiary/aromatic N) is 1. The van der Waals surface area contributed by atoms with Crippen LogP contribution in [-0.4, -0.2) is 31.3 Å². The fraction of sp³-hybridized carbons (Fsp3) is 0.500. The Hall–Kier alpha value is -0.220. The summed E-state index contributed by atoms with van der Waals surface area (Å²) in [6.45, 7) is 3.01. The molecule has 1 atom stereocenters. The molecule has 0 aliphatic heterocycles. The van der Waals surface area contributed by atoms with Crippen molar-refractivity contribution in [2.24, 2.45) is 5.73 Å². The Morgan fingerprint density at radius 1 is 1.44 bits per heavy atom. The summed E-state index contributed by atoms with van der Waals surface area (Å²) in [5.74, 6) is 1.05. The molecule has 0 aliphatic rings. The van der Waals surface area contributed by atoms with Gasteiger partial charge in [-0.1, -0.05) is 17.7 Å². The van der Waals surface area contributed by atoms with Gasteiger partial charge in [-0.05, 0) is 38.7 Å². The first-order valence-corrected chi connectivity index (χ1v) is 6.69. The van der Waals surface area contributed by atoms with E-state index < -0.39 is 0 Å². The van der Waals surface area contributed by atoms with Gasteiger partial charge in [-0.15, -0.1) is 11.8 Å². The largest absolute Gasteiger partial charge is 0.324 e. The van der Waals surface area contributed by atoms with Crippen LogP contribution >= 0.6 is 23.4 Å². The second-order valence-electron chi connectivity index (χ2n) is 4.13. The van der Waals surface area contributed by atoms with Crippen molar-refractivity contribution < 1.29 is 0 Å². The summed E-state index contributed by atoms with van der Waals surface area (Å²) >= 11 is 7.98. The van der Waals surface area contributed by atoms with Gasteiger partial charge in [-0.3, -0.25) is 0 Å². The maximum absolute atomic E-state index is 6.20. The quantitative estimate of drug-likeness (QED) is 0.824. The van der Waals surface area contributed by atoms with Crippen LogP contribution in [0.1, 0.15) is 18.5 Å². The van der Waals surface area contributed by atoms with Crippen LogP contribution in [0.2, 0.25) is 5.02 Å². The van der Waals surface area contributed by atoms with Crippen LogP contribution in [0.15, 0.2) is 23.1 Å². The van der Waals surface area contributed by atoms with Crippen LogP contribution in [0, 0.1) is 0 Å². The minimum atomic E-state index is 0.0401. The highest BCUT2D eigenvalue weighted by Crippen LogP contribution is 2.29. The minimum absolute atomic E-state index is 0.0401. The summed E-state index contributed by atoms with van der Waals surface area (Å²) in [7, 11) is 4.14. The van der Waals surface area contributed by atoms with Crippen molar-refractivity contribution >= 4 is 23.4 Å². The molecule has 1 aromatic carbocycles. The highest BCUT2D eigenvalue weighted by Gasteiger charge is 2.05. The Bertz CT molecular complexity index is 340. The number of nitrogens with two attached hydrogens (primary N) is 1. The van der Waals surface area contributed by atoms with E-state index in [0.29, 0.717) is 0 Å². The Morgan fingerprint density at radius 3 is 2.62 bits per heavy atom. The van der Waals surface area contributed by atoms with Gasteiger partial charge in [0.05, 0.1) is 5.02 Å². The van der Waals surface area contributed by atoms with Gasteiger partial charge in [0, 0.05) is 23.2 Å². The third kappa shape index (κ3) is 4.34. The van der Waals surface area contributed by atoms with Crippen molar-refractivity contribution in [3.8, 4) is 0 Å². The summed E-state index contributed by atoms with van der Waals surface area (Å²) in [6.07, 6.45) is 0. The third-order valence-corrected chi connectivity index (χ3v) is 3.76. The lowest BCUT2D eigenvalue weighted by molar-refractivity contribution is 0.437. The summed E-state index contributed by atoms with van der Waals surface area (Å²) in [5.41, 5.74) is 6.89. The number of thioether (sulfide) groups is 1. The molecule has 0 radical (unpaired) electrons. The van der Waals surface area contributed by atoms with Gasteiger partial charge in [0.15, 0.2) is 0 Å². The smallest absolute Gasteiger partial charge is 0.0545 e. The number of rotatable bonds is 5. The molecule has 0 saturated carbocycles. The normalized spacial score (nSPS) is 13.1. The van der Waals surface area contributed by atoms with Crippen molar-refractivity contribution in [3.63, 3.8) is 0 Å². The second-order valence-corrected chi connectivity index (χ2v) is 5.67. The van der Waals surface area contributed by atoms with Gasteiger partial charge < -0.3 is 10.6 Å². The first-order chi connectivity index (χ1) is 7.50. The molecule has 16 heavy (non-hydrogen) atoms. The van der Waals surface area contributed by atoms with E-state index in [1.807, 2.05) is 13.0 Å². The van der Waals surface area contributed by atoms with E-state index in [0.717, 1.165) is 27.8 Å². The summed E-state index contributed by atoms with van der Waals surface area (Å²) in [4.78, 5) is 3.30. The van der Waals surface area contributed by atoms with Crippen LogP contribution in [0.3, 0.4) is 0 Å². The van der Waals surface area contributed by atoms with Gasteiger partial charge >= 0.3 is 0 Å². The lowest BCUT2D eigenvalue weighted by Crippen LogP contribution is -2.14. The monoisotopic (exact) mass is 258 g/mol. The number of benzene rings is 1. The van der Waals surface area contributed by atoms with Gasteiger partial charge in [-0.2, -0.15) is 0 Å². The van der Waals surface area contributed by atoms with Crippen LogP contribution in [-0.2, 0) is 0 Å². The fourth-order valence-corrected chi connectivity index (χ4v) is 2.65. The van der Waals surface area contributed by atoms with Crippen LogP contribution in [0.5, 0.6) is 0 Å². The molecule has 0 saturated heterocycles. The molecule has 0 heterocycles. The maximum Gasteiger partial charge on any atom is 0.0545 e. The molecular formula is C12H19ClN2S. The van der Waals surface area contributed by atoms with Gasteiger partial charge in [0.1, 0.15) is 0 Å². The minimum Gasteiger partial charge on any atom is -0.324 e. The molecule has 0 amide bonds. The molecule has 2 N–H and O–H groups in total. The fourth-order valence-electron chi connectivity index (χ4n) is 1.26. The van der Waals surface area contributed by atoms with Crippen LogP contribution < -0.4 is 5.73 Å². The molecule has 1 unspecified atom stereocenters. The molecule has 0 aliphatic carbocycles. The summed E-state index contributed by atoms with van der Waals surface area (Å²) in [6, 6.07) is 6.11. The zero-order chi connectivity index (χ0) is 12.1. The average Bonchev–Trinajstić information content (AvgIpc) is 2.19. The van der Waals surface area contributed by atoms with E-state index >= 15 is 0 Å². The Balaban J connectivity index is 2.61. The molecule has 0 fully saturated rings. The topological polar surface area (TPSA) is 29.3 Å². The van der Waals surface area contributed by atoms with Crippen molar-refractivity contribution in [1.82, 2.24) is 4.90 Å². The number of hydrogen-bond donors (Lipinski definition) is 1. The second kappa shape index (κ2) is 6.50. The standard InChI is InChI=1S/C12H19ClN2S/c1-9(14)10-4-5-12(11(13)8-10)16-7-6-15(2)3/h4-5,8-9H,6-7,14H2,1-3H3. The molecular weight excluding hydrogens is 240 g/mol. The Kier molecular flexibility index (Phi) is 5.62. The molecule has 0 spiro atoms. The maximum atomic E-state index is 6.20. The lowest BCUT2D eigenvalue weighted by atomic mass is 10.1. The van der Waals surface area contributed by atoms with Crippen LogP contribution in [0.4, 0.5) is 0 Å². The predicted octanol–water partition coefficient (Wildman–Crippen LogP) is 3.01. The Morgan fingerprint density at radius 2 is 2.12 bits per heavy atom. The average molecular weight is 259 g/mol. The molecule has 0 bridgehead atoms. The molecule has 4 heteroatoms. The van der Waals surface area contributed by atoms with Gasteiger partial charge in [0.2, 0.25) is 0 Å². The van der Waals surface area contributed by atoms with Crippen molar-refractivity contribution in [2.45, 2.75) is 17.9 Å². The van der Waals surface area contributed by atoms with E-state index in [1.165, 1.54) is 0 Å². The van der Waals surface area contributed by atoms with E-state index in [-0.39, 0.29) is 6.04 Å². The molecule has 0 aromatic heterocycles. The highest BCUT2D eigenvalue weighted by molar-refractivity contribution is 7.99. The predicted molar refractivity (Wildman–Crippen MR) is 73.3 cm³/mol. The Labute approximate surface area is 107 Å². The lowest BCUT2D eigenvalue weighted by Gasteiger charge is -2.11. The third-order valence-electron chi connectivity index (χ3n) is 2.28. The summed E-state index contributed by atoms with van der Waals surface area (Å²) < 4.78 is 0. The van der Waals surface area contributed by atoms with Crippen LogP contribution in [0.25, 0.3) is 0 Å². The van der Waals surface area contributed by atoms with Crippen molar-refractivity contribution in [2.75, 3.05) is 26.4 Å². The van der Waals surface area contributed by atoms with E-state index in [9.17, 15) is 0 Å². The van der Waals surface area contributed by atoms with Crippen molar-refractivity contribution in [3.05, 3.63) is 28.8 Å². The zero-order valence-corrected chi connectivity index (χ0v) is 11.6. The highest BCUT2D eigenvalue weighted by atomic mass is 35.5. The van der Waals surface area contributed by atoms with Crippen molar-refractivity contribution in [1.29, 1.82) is 0 Å². The van der Waals surface area contributed by atoms with Gasteiger partial charge in [-0.25, -0.2) is 0 Å².